The molecular formula is C10H10BrNOS. The van der Waals surface area contributed by atoms with Gasteiger partial charge in [-0.3, -0.25) is 4.79 Å². The summed E-state index contributed by atoms with van der Waals surface area (Å²) < 4.78 is 0.799. The second-order valence-electron chi connectivity index (χ2n) is 3.32. The van der Waals surface area contributed by atoms with Gasteiger partial charge in [0.15, 0.2) is 0 Å². The molecule has 1 aromatic heterocycles. The average molecular weight is 272 g/mol. The molecule has 0 saturated carbocycles. The first kappa shape index (κ1) is 11.3. The Kier molecular flexibility index (Phi) is 3.35. The van der Waals surface area contributed by atoms with Crippen LogP contribution < -0.4 is 5.32 Å². The number of terminal acetylenes is 1. The van der Waals surface area contributed by atoms with Crippen molar-refractivity contribution < 1.29 is 4.79 Å². The first-order valence-electron chi connectivity index (χ1n) is 3.99. The van der Waals surface area contributed by atoms with Gasteiger partial charge in [-0.2, -0.15) is 0 Å². The van der Waals surface area contributed by atoms with Crippen molar-refractivity contribution in [2.45, 2.75) is 19.4 Å². The van der Waals surface area contributed by atoms with Crippen molar-refractivity contribution in [3.8, 4) is 12.3 Å². The molecule has 74 valence electrons. The van der Waals surface area contributed by atoms with Gasteiger partial charge in [-0.05, 0) is 41.2 Å². The summed E-state index contributed by atoms with van der Waals surface area (Å²) in [7, 11) is 0. The van der Waals surface area contributed by atoms with Crippen LogP contribution in [0, 0.1) is 12.3 Å². The second-order valence-corrected chi connectivity index (χ2v) is 5.09. The van der Waals surface area contributed by atoms with E-state index in [0.29, 0.717) is 4.88 Å². The van der Waals surface area contributed by atoms with Crippen LogP contribution in [-0.4, -0.2) is 11.4 Å². The zero-order chi connectivity index (χ0) is 10.8. The number of carbonyl (C=O) groups is 1. The summed E-state index contributed by atoms with van der Waals surface area (Å²) in [6, 6.07) is 1.84. The zero-order valence-electron chi connectivity index (χ0n) is 7.93. The largest absolute Gasteiger partial charge is 0.336 e. The second kappa shape index (κ2) is 4.16. The minimum Gasteiger partial charge on any atom is -0.336 e. The Balaban J connectivity index is 2.80. The van der Waals surface area contributed by atoms with Crippen LogP contribution in [0.15, 0.2) is 15.9 Å². The van der Waals surface area contributed by atoms with Crippen LogP contribution >= 0.6 is 27.3 Å². The zero-order valence-corrected chi connectivity index (χ0v) is 10.3. The maximum absolute atomic E-state index is 11.7. The molecule has 0 saturated heterocycles. The molecule has 0 fully saturated rings. The molecule has 0 atom stereocenters. The summed E-state index contributed by atoms with van der Waals surface area (Å²) in [5.74, 6) is 2.37. The summed E-state index contributed by atoms with van der Waals surface area (Å²) in [5.41, 5.74) is -0.611. The fraction of sp³-hybridized carbons (Fsp3) is 0.300. The standard InChI is InChI=1S/C10H10BrNOS/c1-4-10(2,3)12-9(13)8-7(11)5-6-14-8/h1,5-6H,2-3H3,(H,12,13). The minimum atomic E-state index is -0.611. The van der Waals surface area contributed by atoms with Crippen molar-refractivity contribution in [2.75, 3.05) is 0 Å². The quantitative estimate of drug-likeness (QED) is 0.824. The molecule has 1 N–H and O–H groups in total. The smallest absolute Gasteiger partial charge is 0.263 e. The molecule has 1 heterocycles. The van der Waals surface area contributed by atoms with Gasteiger partial charge in [-0.1, -0.05) is 5.92 Å². The molecule has 0 aliphatic rings. The molecule has 4 heteroatoms. The van der Waals surface area contributed by atoms with Gasteiger partial charge < -0.3 is 5.32 Å². The molecule has 14 heavy (non-hydrogen) atoms. The molecule has 0 unspecified atom stereocenters. The molecular weight excluding hydrogens is 262 g/mol. The van der Waals surface area contributed by atoms with Gasteiger partial charge in [0.05, 0.1) is 5.54 Å². The fourth-order valence-electron chi connectivity index (χ4n) is 0.832. The molecule has 1 amide bonds. The summed E-state index contributed by atoms with van der Waals surface area (Å²) in [6.45, 7) is 3.57. The molecule has 0 bridgehead atoms. The molecule has 0 aliphatic carbocycles. The van der Waals surface area contributed by atoms with Crippen LogP contribution in [0.2, 0.25) is 0 Å². The molecule has 1 rings (SSSR count). The van der Waals surface area contributed by atoms with Gasteiger partial charge in [-0.25, -0.2) is 0 Å². The van der Waals surface area contributed by atoms with Gasteiger partial charge in [-0.15, -0.1) is 17.8 Å². The number of carbonyl (C=O) groups excluding carboxylic acids is 1. The van der Waals surface area contributed by atoms with Gasteiger partial charge in [0.1, 0.15) is 4.88 Å². The van der Waals surface area contributed by atoms with Crippen molar-refractivity contribution in [1.82, 2.24) is 5.32 Å². The van der Waals surface area contributed by atoms with E-state index >= 15 is 0 Å². The van der Waals surface area contributed by atoms with Gasteiger partial charge >= 0.3 is 0 Å². The lowest BCUT2D eigenvalue weighted by Crippen LogP contribution is -2.41. The predicted octanol–water partition coefficient (Wildman–Crippen LogP) is 2.65. The third-order valence-electron chi connectivity index (χ3n) is 1.61. The molecule has 0 radical (unpaired) electrons. The van der Waals surface area contributed by atoms with E-state index in [1.54, 1.807) is 13.8 Å². The number of hydrogen-bond donors (Lipinski definition) is 1. The van der Waals surface area contributed by atoms with Crippen LogP contribution in [0.3, 0.4) is 0 Å². The molecule has 1 aromatic rings. The van der Waals surface area contributed by atoms with E-state index in [2.05, 4.69) is 27.2 Å². The monoisotopic (exact) mass is 271 g/mol. The number of rotatable bonds is 2. The van der Waals surface area contributed by atoms with Crippen molar-refractivity contribution in [3.63, 3.8) is 0 Å². The molecule has 0 spiro atoms. The summed E-state index contributed by atoms with van der Waals surface area (Å²) >= 11 is 4.68. The third kappa shape index (κ3) is 2.60. The summed E-state index contributed by atoms with van der Waals surface area (Å²) in [5, 5.41) is 4.60. The molecule has 0 aliphatic heterocycles. The highest BCUT2D eigenvalue weighted by molar-refractivity contribution is 9.10. The highest BCUT2D eigenvalue weighted by Gasteiger charge is 2.20. The van der Waals surface area contributed by atoms with Crippen molar-refractivity contribution in [1.29, 1.82) is 0 Å². The van der Waals surface area contributed by atoms with Gasteiger partial charge in [0, 0.05) is 4.47 Å². The van der Waals surface area contributed by atoms with E-state index in [-0.39, 0.29) is 5.91 Å². The Morgan fingerprint density at radius 2 is 2.36 bits per heavy atom. The number of hydrogen-bond acceptors (Lipinski definition) is 2. The summed E-state index contributed by atoms with van der Waals surface area (Å²) in [6.07, 6.45) is 5.27. The maximum atomic E-state index is 11.7. The minimum absolute atomic E-state index is 0.144. The SMILES string of the molecule is C#CC(C)(C)NC(=O)c1sccc1Br. The summed E-state index contributed by atoms with van der Waals surface area (Å²) in [4.78, 5) is 12.3. The van der Waals surface area contributed by atoms with E-state index in [0.717, 1.165) is 4.47 Å². The topological polar surface area (TPSA) is 29.1 Å². The lowest BCUT2D eigenvalue weighted by molar-refractivity contribution is 0.0933. The van der Waals surface area contributed by atoms with Crippen molar-refractivity contribution in [3.05, 3.63) is 20.8 Å². The van der Waals surface area contributed by atoms with Crippen LogP contribution in [0.4, 0.5) is 0 Å². The van der Waals surface area contributed by atoms with Gasteiger partial charge in [0.25, 0.3) is 5.91 Å². The van der Waals surface area contributed by atoms with Crippen LogP contribution in [-0.2, 0) is 0 Å². The highest BCUT2D eigenvalue weighted by atomic mass is 79.9. The normalized spacial score (nSPS) is 10.7. The number of nitrogens with one attached hydrogen (secondary N) is 1. The van der Waals surface area contributed by atoms with E-state index < -0.39 is 5.54 Å². The molecule has 2 nitrogen and oxygen atoms in total. The van der Waals surface area contributed by atoms with Crippen LogP contribution in [0.1, 0.15) is 23.5 Å². The number of halogens is 1. The van der Waals surface area contributed by atoms with Crippen LogP contribution in [0.25, 0.3) is 0 Å². The Morgan fingerprint density at radius 1 is 1.71 bits per heavy atom. The fourth-order valence-corrected chi connectivity index (χ4v) is 2.28. The highest BCUT2D eigenvalue weighted by Crippen LogP contribution is 2.22. The first-order valence-corrected chi connectivity index (χ1v) is 5.67. The van der Waals surface area contributed by atoms with Crippen molar-refractivity contribution in [2.24, 2.45) is 0 Å². The average Bonchev–Trinajstić information content (AvgIpc) is 2.51. The first-order chi connectivity index (χ1) is 6.46. The Morgan fingerprint density at radius 3 is 2.79 bits per heavy atom. The lowest BCUT2D eigenvalue weighted by Gasteiger charge is -2.18. The molecule has 0 aromatic carbocycles. The van der Waals surface area contributed by atoms with Crippen molar-refractivity contribution >= 4 is 33.2 Å². The Labute approximate surface area is 95.8 Å². The van der Waals surface area contributed by atoms with E-state index in [9.17, 15) is 4.79 Å². The Bertz CT molecular complexity index is 389. The van der Waals surface area contributed by atoms with E-state index in [1.807, 2.05) is 11.4 Å². The third-order valence-corrected chi connectivity index (χ3v) is 3.45. The lowest BCUT2D eigenvalue weighted by atomic mass is 10.1. The van der Waals surface area contributed by atoms with Crippen LogP contribution in [0.5, 0.6) is 0 Å². The predicted molar refractivity (Wildman–Crippen MR) is 62.4 cm³/mol. The van der Waals surface area contributed by atoms with E-state index in [4.69, 9.17) is 6.42 Å². The van der Waals surface area contributed by atoms with Gasteiger partial charge in [0.2, 0.25) is 0 Å². The number of thiophene rings is 1. The Hall–Kier alpha value is -0.790. The van der Waals surface area contributed by atoms with E-state index in [1.165, 1.54) is 11.3 Å². The number of amides is 1. The maximum Gasteiger partial charge on any atom is 0.263 e.